The Morgan fingerprint density at radius 2 is 1.61 bits per heavy atom. The lowest BCUT2D eigenvalue weighted by atomic mass is 9.95. The van der Waals surface area contributed by atoms with Crippen molar-refractivity contribution in [2.75, 3.05) is 52.9 Å². The SMILES string of the molecule is COc1ccc(CCN2CCN(C(=O)C3CCCN(C(=O)c4cccc5ccccc45)C3)CC2)cc1. The fourth-order valence-corrected chi connectivity index (χ4v) is 5.47. The van der Waals surface area contributed by atoms with Gasteiger partial charge in [0.2, 0.25) is 5.91 Å². The number of piperazine rings is 1. The second kappa shape index (κ2) is 11.1. The highest BCUT2D eigenvalue weighted by Crippen LogP contribution is 2.25. The maximum Gasteiger partial charge on any atom is 0.254 e. The van der Waals surface area contributed by atoms with Gasteiger partial charge < -0.3 is 14.5 Å². The highest BCUT2D eigenvalue weighted by Gasteiger charge is 2.33. The number of ether oxygens (including phenoxy) is 1. The van der Waals surface area contributed by atoms with E-state index in [1.54, 1.807) is 7.11 Å². The Bertz CT molecular complexity index is 1200. The molecule has 0 N–H and O–H groups in total. The predicted molar refractivity (Wildman–Crippen MR) is 142 cm³/mol. The molecular formula is C30H35N3O3. The van der Waals surface area contributed by atoms with Crippen LogP contribution in [0.3, 0.4) is 0 Å². The van der Waals surface area contributed by atoms with E-state index in [-0.39, 0.29) is 17.7 Å². The Morgan fingerprint density at radius 3 is 2.39 bits per heavy atom. The third-order valence-electron chi connectivity index (χ3n) is 7.64. The van der Waals surface area contributed by atoms with Gasteiger partial charge in [0.15, 0.2) is 0 Å². The Hall–Kier alpha value is -3.38. The van der Waals surface area contributed by atoms with E-state index in [1.807, 2.05) is 64.4 Å². The summed E-state index contributed by atoms with van der Waals surface area (Å²) < 4.78 is 5.24. The normalized spacial score (nSPS) is 18.9. The van der Waals surface area contributed by atoms with Crippen LogP contribution in [0.4, 0.5) is 0 Å². The van der Waals surface area contributed by atoms with Gasteiger partial charge in [-0.3, -0.25) is 14.5 Å². The molecule has 5 rings (SSSR count). The summed E-state index contributed by atoms with van der Waals surface area (Å²) in [5.74, 6) is 1.02. The summed E-state index contributed by atoms with van der Waals surface area (Å²) in [6, 6.07) is 22.1. The highest BCUT2D eigenvalue weighted by molar-refractivity contribution is 6.07. The van der Waals surface area contributed by atoms with Crippen LogP contribution < -0.4 is 4.74 Å². The van der Waals surface area contributed by atoms with Crippen LogP contribution in [0.1, 0.15) is 28.8 Å². The number of carbonyl (C=O) groups excluding carboxylic acids is 2. The molecule has 1 atom stereocenters. The van der Waals surface area contributed by atoms with Crippen molar-refractivity contribution in [2.45, 2.75) is 19.3 Å². The van der Waals surface area contributed by atoms with E-state index in [0.29, 0.717) is 13.1 Å². The first-order chi connectivity index (χ1) is 17.6. The number of piperidine rings is 1. The van der Waals surface area contributed by atoms with Crippen molar-refractivity contribution in [1.82, 2.24) is 14.7 Å². The van der Waals surface area contributed by atoms with Crippen LogP contribution in [0, 0.1) is 5.92 Å². The number of benzene rings is 3. The van der Waals surface area contributed by atoms with Gasteiger partial charge in [0.25, 0.3) is 5.91 Å². The molecule has 0 aromatic heterocycles. The largest absolute Gasteiger partial charge is 0.497 e. The molecule has 3 aromatic rings. The molecule has 1 unspecified atom stereocenters. The van der Waals surface area contributed by atoms with Crippen LogP contribution in [0.15, 0.2) is 66.7 Å². The highest BCUT2D eigenvalue weighted by atomic mass is 16.5. The number of likely N-dealkylation sites (tertiary alicyclic amines) is 1. The molecule has 0 saturated carbocycles. The van der Waals surface area contributed by atoms with Gasteiger partial charge in [-0.05, 0) is 53.8 Å². The van der Waals surface area contributed by atoms with E-state index in [4.69, 9.17) is 4.74 Å². The molecule has 0 radical (unpaired) electrons. The third kappa shape index (κ3) is 5.39. The van der Waals surface area contributed by atoms with Crippen molar-refractivity contribution in [2.24, 2.45) is 5.92 Å². The monoisotopic (exact) mass is 485 g/mol. The standard InChI is InChI=1S/C30H35N3O3/c1-36-26-13-11-23(12-14-26)15-17-31-18-20-32(21-19-31)29(34)25-8-5-16-33(22-25)30(35)28-10-4-7-24-6-2-3-9-27(24)28/h2-4,6-7,9-14,25H,5,8,15-22H2,1H3. The van der Waals surface area contributed by atoms with Crippen LogP contribution in [0.5, 0.6) is 5.75 Å². The van der Waals surface area contributed by atoms with Crippen molar-refractivity contribution < 1.29 is 14.3 Å². The lowest BCUT2D eigenvalue weighted by Crippen LogP contribution is -2.53. The van der Waals surface area contributed by atoms with Crippen molar-refractivity contribution in [3.63, 3.8) is 0 Å². The number of fused-ring (bicyclic) bond motifs is 1. The number of rotatable bonds is 6. The first kappa shape index (κ1) is 24.3. The molecule has 188 valence electrons. The van der Waals surface area contributed by atoms with Gasteiger partial charge in [0, 0.05) is 51.4 Å². The summed E-state index contributed by atoms with van der Waals surface area (Å²) in [5.41, 5.74) is 2.03. The predicted octanol–water partition coefficient (Wildman–Crippen LogP) is 4.09. The maximum atomic E-state index is 13.4. The number of carbonyl (C=O) groups is 2. The van der Waals surface area contributed by atoms with E-state index < -0.39 is 0 Å². The van der Waals surface area contributed by atoms with Crippen LogP contribution >= 0.6 is 0 Å². The van der Waals surface area contributed by atoms with E-state index >= 15 is 0 Å². The zero-order valence-corrected chi connectivity index (χ0v) is 21.1. The van der Waals surface area contributed by atoms with E-state index in [9.17, 15) is 9.59 Å². The maximum absolute atomic E-state index is 13.4. The van der Waals surface area contributed by atoms with E-state index in [2.05, 4.69) is 17.0 Å². The molecule has 2 heterocycles. The molecule has 0 spiro atoms. The zero-order chi connectivity index (χ0) is 24.9. The Labute approximate surface area is 213 Å². The van der Waals surface area contributed by atoms with Crippen molar-refractivity contribution in [1.29, 1.82) is 0 Å². The average molecular weight is 486 g/mol. The fourth-order valence-electron chi connectivity index (χ4n) is 5.47. The first-order valence-electron chi connectivity index (χ1n) is 13.0. The van der Waals surface area contributed by atoms with Crippen LogP contribution in [0.25, 0.3) is 10.8 Å². The summed E-state index contributed by atoms with van der Waals surface area (Å²) in [7, 11) is 1.68. The third-order valence-corrected chi connectivity index (χ3v) is 7.64. The summed E-state index contributed by atoms with van der Waals surface area (Å²) in [5, 5.41) is 2.04. The van der Waals surface area contributed by atoms with Gasteiger partial charge in [0.05, 0.1) is 13.0 Å². The Morgan fingerprint density at radius 1 is 0.861 bits per heavy atom. The van der Waals surface area contributed by atoms with Gasteiger partial charge in [-0.1, -0.05) is 48.5 Å². The lowest BCUT2D eigenvalue weighted by molar-refractivity contribution is -0.138. The molecule has 3 aromatic carbocycles. The van der Waals surface area contributed by atoms with Gasteiger partial charge in [-0.2, -0.15) is 0 Å². The van der Waals surface area contributed by atoms with Crippen molar-refractivity contribution in [3.05, 3.63) is 77.9 Å². The number of hydrogen-bond acceptors (Lipinski definition) is 4. The summed E-state index contributed by atoms with van der Waals surface area (Å²) in [6.07, 6.45) is 2.72. The van der Waals surface area contributed by atoms with Crippen molar-refractivity contribution in [3.8, 4) is 5.75 Å². The van der Waals surface area contributed by atoms with E-state index in [1.165, 1.54) is 5.56 Å². The van der Waals surface area contributed by atoms with Gasteiger partial charge >= 0.3 is 0 Å². The minimum atomic E-state index is -0.108. The van der Waals surface area contributed by atoms with Crippen LogP contribution in [0.2, 0.25) is 0 Å². The Kier molecular flexibility index (Phi) is 7.52. The summed E-state index contributed by atoms with van der Waals surface area (Å²) in [4.78, 5) is 33.1. The quantitative estimate of drug-likeness (QED) is 0.528. The molecule has 2 aliphatic heterocycles. The van der Waals surface area contributed by atoms with Crippen LogP contribution in [-0.4, -0.2) is 79.4 Å². The molecule has 0 bridgehead atoms. The Balaban J connectivity index is 1.14. The smallest absolute Gasteiger partial charge is 0.254 e. The number of amides is 2. The van der Waals surface area contributed by atoms with E-state index in [0.717, 1.165) is 74.1 Å². The molecule has 2 aliphatic rings. The van der Waals surface area contributed by atoms with Crippen LogP contribution in [-0.2, 0) is 11.2 Å². The number of hydrogen-bond donors (Lipinski definition) is 0. The lowest BCUT2D eigenvalue weighted by Gasteiger charge is -2.39. The first-order valence-corrected chi connectivity index (χ1v) is 13.0. The minimum Gasteiger partial charge on any atom is -0.497 e. The molecule has 36 heavy (non-hydrogen) atoms. The molecule has 2 fully saturated rings. The molecular weight excluding hydrogens is 450 g/mol. The minimum absolute atomic E-state index is 0.0349. The second-order valence-electron chi connectivity index (χ2n) is 9.88. The summed E-state index contributed by atoms with van der Waals surface area (Å²) >= 11 is 0. The molecule has 0 aliphatic carbocycles. The van der Waals surface area contributed by atoms with Gasteiger partial charge in [0.1, 0.15) is 5.75 Å². The summed E-state index contributed by atoms with van der Waals surface area (Å²) in [6.45, 7) is 5.53. The molecule has 6 heteroatoms. The fraction of sp³-hybridized carbons (Fsp3) is 0.400. The van der Waals surface area contributed by atoms with Gasteiger partial charge in [-0.25, -0.2) is 0 Å². The molecule has 6 nitrogen and oxygen atoms in total. The number of nitrogens with zero attached hydrogens (tertiary/aromatic N) is 3. The van der Waals surface area contributed by atoms with Gasteiger partial charge in [-0.15, -0.1) is 0 Å². The topological polar surface area (TPSA) is 53.1 Å². The van der Waals surface area contributed by atoms with Crippen molar-refractivity contribution >= 4 is 22.6 Å². The number of methoxy groups -OCH3 is 1. The zero-order valence-electron chi connectivity index (χ0n) is 21.1. The molecule has 2 amide bonds. The molecule has 2 saturated heterocycles. The average Bonchev–Trinajstić information content (AvgIpc) is 2.95. The second-order valence-corrected chi connectivity index (χ2v) is 9.88.